The third-order valence-corrected chi connectivity index (χ3v) is 5.34. The molecule has 0 aliphatic carbocycles. The molecule has 2 aromatic carbocycles. The Balaban J connectivity index is 1.42. The van der Waals surface area contributed by atoms with Crippen LogP contribution in [0.25, 0.3) is 0 Å². The van der Waals surface area contributed by atoms with Gasteiger partial charge in [-0.3, -0.25) is 14.5 Å². The van der Waals surface area contributed by atoms with Crippen molar-refractivity contribution in [1.29, 1.82) is 0 Å². The molecule has 2 amide bonds. The number of fused-ring (bicyclic) bond motifs is 1. The van der Waals surface area contributed by atoms with Crippen molar-refractivity contribution < 1.29 is 18.4 Å². The van der Waals surface area contributed by atoms with E-state index in [2.05, 4.69) is 5.32 Å². The van der Waals surface area contributed by atoms with Crippen LogP contribution in [0.15, 0.2) is 48.5 Å². The van der Waals surface area contributed by atoms with Gasteiger partial charge in [0.05, 0.1) is 0 Å². The largest absolute Gasteiger partial charge is 0.342 e. The fraction of sp³-hybridized carbons (Fsp3) is 0.333. The molecule has 0 unspecified atom stereocenters. The van der Waals surface area contributed by atoms with E-state index in [1.807, 2.05) is 35.2 Å². The van der Waals surface area contributed by atoms with Gasteiger partial charge in [0, 0.05) is 32.6 Å². The first-order chi connectivity index (χ1) is 13.5. The molecular formula is C21H21F2N3O2. The summed E-state index contributed by atoms with van der Waals surface area (Å²) >= 11 is 0. The van der Waals surface area contributed by atoms with Gasteiger partial charge in [0.2, 0.25) is 11.8 Å². The summed E-state index contributed by atoms with van der Waals surface area (Å²) in [5.41, 5.74) is 1.63. The highest BCUT2D eigenvalue weighted by atomic mass is 19.2. The van der Waals surface area contributed by atoms with Gasteiger partial charge in [0.25, 0.3) is 0 Å². The van der Waals surface area contributed by atoms with E-state index < -0.39 is 23.7 Å². The van der Waals surface area contributed by atoms with Crippen LogP contribution in [0.3, 0.4) is 0 Å². The number of hydrogen-bond donors (Lipinski definition) is 1. The number of carbonyl (C=O) groups is 2. The lowest BCUT2D eigenvalue weighted by Crippen LogP contribution is -2.69. The highest BCUT2D eigenvalue weighted by Gasteiger charge is 2.43. The molecule has 4 rings (SSSR count). The van der Waals surface area contributed by atoms with E-state index in [4.69, 9.17) is 0 Å². The molecule has 2 atom stereocenters. The Hall–Kier alpha value is -2.80. The first-order valence-corrected chi connectivity index (χ1v) is 9.32. The molecule has 2 aliphatic rings. The van der Waals surface area contributed by atoms with E-state index in [-0.39, 0.29) is 11.8 Å². The Morgan fingerprint density at radius 3 is 2.50 bits per heavy atom. The van der Waals surface area contributed by atoms with Crippen molar-refractivity contribution >= 4 is 11.8 Å². The van der Waals surface area contributed by atoms with Crippen molar-refractivity contribution in [2.24, 2.45) is 0 Å². The lowest BCUT2D eigenvalue weighted by Gasteiger charge is -2.45. The predicted octanol–water partition coefficient (Wildman–Crippen LogP) is 1.72. The van der Waals surface area contributed by atoms with Crippen molar-refractivity contribution in [3.63, 3.8) is 0 Å². The maximum Gasteiger partial charge on any atom is 0.246 e. The number of nitrogens with one attached hydrogen (secondary N) is 1. The van der Waals surface area contributed by atoms with E-state index in [0.717, 1.165) is 11.6 Å². The lowest BCUT2D eigenvalue weighted by atomic mass is 9.98. The molecule has 0 saturated carbocycles. The van der Waals surface area contributed by atoms with Gasteiger partial charge in [0.1, 0.15) is 12.1 Å². The third kappa shape index (κ3) is 3.75. The number of hydrogen-bond acceptors (Lipinski definition) is 3. The van der Waals surface area contributed by atoms with Crippen LogP contribution >= 0.6 is 0 Å². The Morgan fingerprint density at radius 2 is 1.75 bits per heavy atom. The Morgan fingerprint density at radius 1 is 0.964 bits per heavy atom. The quantitative estimate of drug-likeness (QED) is 0.872. The third-order valence-electron chi connectivity index (χ3n) is 5.34. The van der Waals surface area contributed by atoms with Crippen LogP contribution in [-0.2, 0) is 22.6 Å². The summed E-state index contributed by atoms with van der Waals surface area (Å²) in [5, 5.41) is 2.85. The summed E-state index contributed by atoms with van der Waals surface area (Å²) in [7, 11) is 0. The molecule has 1 N–H and O–H groups in total. The van der Waals surface area contributed by atoms with E-state index in [1.165, 1.54) is 12.1 Å². The van der Waals surface area contributed by atoms with Crippen molar-refractivity contribution in [2.75, 3.05) is 19.6 Å². The molecule has 146 valence electrons. The maximum atomic E-state index is 13.4. The summed E-state index contributed by atoms with van der Waals surface area (Å²) in [6.45, 7) is 1.78. The van der Waals surface area contributed by atoms with Crippen molar-refractivity contribution in [3.05, 3.63) is 71.3 Å². The van der Waals surface area contributed by atoms with Crippen LogP contribution in [-0.4, -0.2) is 53.3 Å². The van der Waals surface area contributed by atoms with Crippen LogP contribution in [0, 0.1) is 11.6 Å². The number of benzene rings is 2. The van der Waals surface area contributed by atoms with Gasteiger partial charge in [-0.05, 0) is 23.3 Å². The fourth-order valence-electron chi connectivity index (χ4n) is 3.89. The molecule has 5 nitrogen and oxygen atoms in total. The van der Waals surface area contributed by atoms with Gasteiger partial charge in [-0.15, -0.1) is 0 Å². The molecule has 2 saturated heterocycles. The van der Waals surface area contributed by atoms with Gasteiger partial charge in [-0.25, -0.2) is 8.78 Å². The second kappa shape index (κ2) is 7.67. The van der Waals surface area contributed by atoms with Crippen LogP contribution in [0.5, 0.6) is 0 Å². The molecule has 28 heavy (non-hydrogen) atoms. The molecule has 2 aliphatic heterocycles. The monoisotopic (exact) mass is 385 g/mol. The zero-order valence-electron chi connectivity index (χ0n) is 15.3. The zero-order valence-corrected chi connectivity index (χ0v) is 15.3. The van der Waals surface area contributed by atoms with Gasteiger partial charge in [-0.2, -0.15) is 0 Å². The van der Waals surface area contributed by atoms with E-state index in [9.17, 15) is 18.4 Å². The van der Waals surface area contributed by atoms with Crippen LogP contribution < -0.4 is 5.32 Å². The molecule has 0 spiro atoms. The SMILES string of the molecule is O=C1N[C@@H](Cc2ccccc2)C(=O)N2CCN(Cc3ccc(F)c(F)c3)C[C@H]12. The van der Waals surface area contributed by atoms with Crippen LogP contribution in [0.2, 0.25) is 0 Å². The van der Waals surface area contributed by atoms with Gasteiger partial charge >= 0.3 is 0 Å². The molecule has 2 fully saturated rings. The lowest BCUT2D eigenvalue weighted by molar-refractivity contribution is -0.153. The van der Waals surface area contributed by atoms with E-state index in [0.29, 0.717) is 38.2 Å². The highest BCUT2D eigenvalue weighted by molar-refractivity contribution is 5.97. The van der Waals surface area contributed by atoms with Gasteiger partial charge in [-0.1, -0.05) is 36.4 Å². The first kappa shape index (κ1) is 18.6. The van der Waals surface area contributed by atoms with Crippen LogP contribution in [0.1, 0.15) is 11.1 Å². The summed E-state index contributed by atoms with van der Waals surface area (Å²) < 4.78 is 26.5. The average Bonchev–Trinajstić information content (AvgIpc) is 2.69. The van der Waals surface area contributed by atoms with Gasteiger partial charge in [0.15, 0.2) is 11.6 Å². The number of piperazine rings is 2. The summed E-state index contributed by atoms with van der Waals surface area (Å²) in [5.74, 6) is -2.00. The van der Waals surface area contributed by atoms with E-state index >= 15 is 0 Å². The molecule has 0 radical (unpaired) electrons. The maximum absolute atomic E-state index is 13.4. The number of amides is 2. The summed E-state index contributed by atoms with van der Waals surface area (Å²) in [6.07, 6.45) is 0.465. The molecule has 0 bridgehead atoms. The second-order valence-electron chi connectivity index (χ2n) is 7.28. The molecule has 7 heteroatoms. The summed E-state index contributed by atoms with van der Waals surface area (Å²) in [6, 6.07) is 12.3. The molecule has 2 heterocycles. The Bertz CT molecular complexity index is 890. The number of rotatable bonds is 4. The van der Waals surface area contributed by atoms with Crippen LogP contribution in [0.4, 0.5) is 8.78 Å². The molecule has 2 aromatic rings. The normalized spacial score (nSPS) is 22.7. The number of carbonyl (C=O) groups excluding carboxylic acids is 2. The minimum absolute atomic E-state index is 0.0686. The zero-order chi connectivity index (χ0) is 19.7. The Kier molecular flexibility index (Phi) is 5.09. The van der Waals surface area contributed by atoms with Crippen molar-refractivity contribution in [1.82, 2.24) is 15.1 Å². The minimum atomic E-state index is -0.884. The number of nitrogens with zero attached hydrogens (tertiary/aromatic N) is 2. The molecular weight excluding hydrogens is 364 g/mol. The fourth-order valence-corrected chi connectivity index (χ4v) is 3.89. The smallest absolute Gasteiger partial charge is 0.246 e. The summed E-state index contributed by atoms with van der Waals surface area (Å²) in [4.78, 5) is 29.1. The average molecular weight is 385 g/mol. The number of halogens is 2. The highest BCUT2D eigenvalue weighted by Crippen LogP contribution is 2.20. The standard InChI is InChI=1S/C21H21F2N3O2/c22-16-7-6-15(10-17(16)23)12-25-8-9-26-19(13-25)20(27)24-18(21(26)28)11-14-4-2-1-3-5-14/h1-7,10,18-19H,8-9,11-13H2,(H,24,27)/t18-,19+/m0/s1. The first-order valence-electron chi connectivity index (χ1n) is 9.32. The van der Waals surface area contributed by atoms with Gasteiger partial charge < -0.3 is 10.2 Å². The van der Waals surface area contributed by atoms with Crippen molar-refractivity contribution in [3.8, 4) is 0 Å². The molecule has 0 aromatic heterocycles. The second-order valence-corrected chi connectivity index (χ2v) is 7.28. The van der Waals surface area contributed by atoms with E-state index in [1.54, 1.807) is 4.90 Å². The van der Waals surface area contributed by atoms with Crippen molar-refractivity contribution in [2.45, 2.75) is 25.0 Å². The minimum Gasteiger partial charge on any atom is -0.342 e. The predicted molar refractivity (Wildman–Crippen MR) is 99.2 cm³/mol. The topological polar surface area (TPSA) is 52.7 Å². The Labute approximate surface area is 161 Å².